The molecule has 30 heavy (non-hydrogen) atoms. The molecule has 8 heteroatoms. The zero-order valence-corrected chi connectivity index (χ0v) is 18.6. The zero-order chi connectivity index (χ0) is 19.1. The van der Waals surface area contributed by atoms with Crippen LogP contribution in [0.5, 0.6) is 0 Å². The molecule has 3 N–H and O–H groups in total. The average Bonchev–Trinajstić information content (AvgIpc) is 3.43. The Morgan fingerprint density at radius 2 is 1.87 bits per heavy atom. The third-order valence-corrected chi connectivity index (χ3v) is 5.77. The molecule has 0 bridgehead atoms. The SMILES string of the molecule is Cc1ccccc1-n1cc(CNc2cc(C3CC(N)C3)nc(C3CC3)n2)cn1.Cl.Cl. The highest BCUT2D eigenvalue weighted by atomic mass is 35.5. The van der Waals surface area contributed by atoms with Crippen molar-refractivity contribution < 1.29 is 0 Å². The summed E-state index contributed by atoms with van der Waals surface area (Å²) in [5, 5.41) is 8.00. The Morgan fingerprint density at radius 3 is 2.57 bits per heavy atom. The molecule has 0 saturated heterocycles. The number of nitrogens with one attached hydrogen (secondary N) is 1. The van der Waals surface area contributed by atoms with Crippen molar-refractivity contribution >= 4 is 30.6 Å². The summed E-state index contributed by atoms with van der Waals surface area (Å²) < 4.78 is 1.93. The molecule has 0 aliphatic heterocycles. The van der Waals surface area contributed by atoms with Gasteiger partial charge in [-0.3, -0.25) is 0 Å². The second kappa shape index (κ2) is 9.33. The van der Waals surface area contributed by atoms with Gasteiger partial charge in [-0.25, -0.2) is 14.6 Å². The first-order chi connectivity index (χ1) is 13.7. The molecule has 2 heterocycles. The molecule has 6 nitrogen and oxygen atoms in total. The minimum atomic E-state index is 0. The van der Waals surface area contributed by atoms with Crippen molar-refractivity contribution in [2.75, 3.05) is 5.32 Å². The summed E-state index contributed by atoms with van der Waals surface area (Å²) in [7, 11) is 0. The first-order valence-electron chi connectivity index (χ1n) is 10.1. The normalized spacial score (nSPS) is 19.9. The van der Waals surface area contributed by atoms with Gasteiger partial charge in [0.2, 0.25) is 0 Å². The zero-order valence-electron chi connectivity index (χ0n) is 17.0. The minimum absolute atomic E-state index is 0. The van der Waals surface area contributed by atoms with Crippen LogP contribution in [-0.2, 0) is 6.54 Å². The lowest BCUT2D eigenvalue weighted by atomic mass is 9.78. The molecule has 2 saturated carbocycles. The van der Waals surface area contributed by atoms with Crippen LogP contribution < -0.4 is 11.1 Å². The molecule has 160 valence electrons. The van der Waals surface area contributed by atoms with Gasteiger partial charge in [-0.2, -0.15) is 5.10 Å². The lowest BCUT2D eigenvalue weighted by Gasteiger charge is -2.32. The third kappa shape index (κ3) is 4.77. The van der Waals surface area contributed by atoms with Crippen molar-refractivity contribution in [2.24, 2.45) is 5.73 Å². The van der Waals surface area contributed by atoms with Gasteiger partial charge in [-0.05, 0) is 44.2 Å². The number of nitrogens with two attached hydrogens (primary N) is 1. The predicted molar refractivity (Wildman–Crippen MR) is 124 cm³/mol. The fraction of sp³-hybridized carbons (Fsp3) is 0.409. The van der Waals surface area contributed by atoms with E-state index in [1.165, 1.54) is 18.4 Å². The summed E-state index contributed by atoms with van der Waals surface area (Å²) in [6, 6.07) is 10.7. The van der Waals surface area contributed by atoms with Crippen LogP contribution in [0.25, 0.3) is 5.69 Å². The van der Waals surface area contributed by atoms with Crippen LogP contribution >= 0.6 is 24.8 Å². The first kappa shape index (κ1) is 22.5. The molecule has 0 unspecified atom stereocenters. The number of hydrogen-bond acceptors (Lipinski definition) is 5. The van der Waals surface area contributed by atoms with Gasteiger partial charge in [0.25, 0.3) is 0 Å². The van der Waals surface area contributed by atoms with E-state index in [4.69, 9.17) is 15.7 Å². The summed E-state index contributed by atoms with van der Waals surface area (Å²) >= 11 is 0. The van der Waals surface area contributed by atoms with Crippen molar-refractivity contribution in [1.82, 2.24) is 19.7 Å². The predicted octanol–water partition coefficient (Wildman–Crippen LogP) is 4.51. The number of rotatable bonds is 6. The molecule has 5 rings (SSSR count). The largest absolute Gasteiger partial charge is 0.366 e. The molecule has 0 spiro atoms. The molecule has 0 amide bonds. The summed E-state index contributed by atoms with van der Waals surface area (Å²) in [6.45, 7) is 2.79. The number of nitrogens with zero attached hydrogens (tertiary/aromatic N) is 4. The van der Waals surface area contributed by atoms with Crippen molar-refractivity contribution in [3.8, 4) is 5.69 Å². The van der Waals surface area contributed by atoms with Crippen molar-refractivity contribution in [3.63, 3.8) is 0 Å². The van der Waals surface area contributed by atoms with Crippen molar-refractivity contribution in [1.29, 1.82) is 0 Å². The number of anilines is 1. The van der Waals surface area contributed by atoms with Crippen LogP contribution in [0.4, 0.5) is 5.82 Å². The highest BCUT2D eigenvalue weighted by Crippen LogP contribution is 2.41. The lowest BCUT2D eigenvalue weighted by Crippen LogP contribution is -2.35. The molecule has 1 aromatic carbocycles. The monoisotopic (exact) mass is 446 g/mol. The molecule has 0 radical (unpaired) electrons. The van der Waals surface area contributed by atoms with Crippen LogP contribution in [0, 0.1) is 6.92 Å². The van der Waals surface area contributed by atoms with Crippen LogP contribution in [0.2, 0.25) is 0 Å². The standard InChI is InChI=1S/C22H26N6.2ClH/c1-14-4-2-3-5-20(14)28-13-15(12-25-28)11-24-21-10-19(17-8-18(23)9-17)26-22(27-21)16-6-7-16;;/h2-5,10,12-13,16-18H,6-9,11,23H2,1H3,(H,24,26,27);2*1H. The maximum absolute atomic E-state index is 5.98. The summed E-state index contributed by atoms with van der Waals surface area (Å²) in [4.78, 5) is 9.61. The highest BCUT2D eigenvalue weighted by molar-refractivity contribution is 5.85. The Bertz CT molecular complexity index is 995. The fourth-order valence-electron chi connectivity index (χ4n) is 3.81. The smallest absolute Gasteiger partial charge is 0.134 e. The molecular weight excluding hydrogens is 419 g/mol. The van der Waals surface area contributed by atoms with Crippen LogP contribution in [-0.4, -0.2) is 25.8 Å². The molecule has 2 aliphatic carbocycles. The van der Waals surface area contributed by atoms with E-state index in [0.717, 1.165) is 41.4 Å². The summed E-state index contributed by atoms with van der Waals surface area (Å²) in [5.74, 6) is 2.94. The number of benzene rings is 1. The molecule has 2 aromatic heterocycles. The van der Waals surface area contributed by atoms with E-state index in [1.54, 1.807) is 0 Å². The number of aromatic nitrogens is 4. The van der Waals surface area contributed by atoms with E-state index in [-0.39, 0.29) is 24.8 Å². The van der Waals surface area contributed by atoms with Gasteiger partial charge >= 0.3 is 0 Å². The van der Waals surface area contributed by atoms with Gasteiger partial charge < -0.3 is 11.1 Å². The number of aryl methyl sites for hydroxylation is 1. The van der Waals surface area contributed by atoms with E-state index in [1.807, 2.05) is 23.0 Å². The molecule has 2 fully saturated rings. The van der Waals surface area contributed by atoms with Crippen molar-refractivity contribution in [3.05, 3.63) is 65.4 Å². The summed E-state index contributed by atoms with van der Waals surface area (Å²) in [6.07, 6.45) is 8.46. The fourth-order valence-corrected chi connectivity index (χ4v) is 3.81. The molecule has 2 aliphatic rings. The Morgan fingerprint density at radius 1 is 1.10 bits per heavy atom. The second-order valence-electron chi connectivity index (χ2n) is 8.17. The Kier molecular flexibility index (Phi) is 7.01. The maximum Gasteiger partial charge on any atom is 0.134 e. The van der Waals surface area contributed by atoms with Gasteiger partial charge in [-0.1, -0.05) is 18.2 Å². The van der Waals surface area contributed by atoms with Gasteiger partial charge in [0.1, 0.15) is 11.6 Å². The highest BCUT2D eigenvalue weighted by Gasteiger charge is 2.32. The van der Waals surface area contributed by atoms with Crippen molar-refractivity contribution in [2.45, 2.75) is 57.0 Å². The lowest BCUT2D eigenvalue weighted by molar-refractivity contribution is 0.344. The first-order valence-corrected chi connectivity index (χ1v) is 10.1. The maximum atomic E-state index is 5.98. The van der Waals surface area contributed by atoms with Crippen LogP contribution in [0.3, 0.4) is 0 Å². The number of para-hydroxylation sites is 1. The van der Waals surface area contributed by atoms with E-state index in [2.05, 4.69) is 41.7 Å². The quantitative estimate of drug-likeness (QED) is 0.581. The van der Waals surface area contributed by atoms with Gasteiger partial charge in [-0.15, -0.1) is 24.8 Å². The Hall–Kier alpha value is -2.15. The minimum Gasteiger partial charge on any atom is -0.366 e. The van der Waals surface area contributed by atoms with E-state index in [0.29, 0.717) is 24.4 Å². The van der Waals surface area contributed by atoms with E-state index >= 15 is 0 Å². The Labute approximate surface area is 189 Å². The van der Waals surface area contributed by atoms with Crippen LogP contribution in [0.15, 0.2) is 42.7 Å². The van der Waals surface area contributed by atoms with Crippen LogP contribution in [0.1, 0.15) is 60.2 Å². The third-order valence-electron chi connectivity index (χ3n) is 5.77. The van der Waals surface area contributed by atoms with Gasteiger partial charge in [0, 0.05) is 47.9 Å². The number of hydrogen-bond donors (Lipinski definition) is 2. The average molecular weight is 447 g/mol. The summed E-state index contributed by atoms with van der Waals surface area (Å²) in [5.41, 5.74) is 10.6. The number of halogens is 2. The topological polar surface area (TPSA) is 81.7 Å². The second-order valence-corrected chi connectivity index (χ2v) is 8.17. The van der Waals surface area contributed by atoms with Gasteiger partial charge in [0.05, 0.1) is 11.9 Å². The van der Waals surface area contributed by atoms with Gasteiger partial charge in [0.15, 0.2) is 0 Å². The Balaban J connectivity index is 0.00000128. The molecular formula is C22H28Cl2N6. The molecule has 3 aromatic rings. The van der Waals surface area contributed by atoms with E-state index < -0.39 is 0 Å². The molecule has 0 atom stereocenters. The van der Waals surface area contributed by atoms with E-state index in [9.17, 15) is 0 Å².